The van der Waals surface area contributed by atoms with Gasteiger partial charge < -0.3 is 14.8 Å². The molecule has 2 rings (SSSR count). The van der Waals surface area contributed by atoms with Crippen LogP contribution in [0.3, 0.4) is 0 Å². The lowest BCUT2D eigenvalue weighted by Gasteiger charge is -2.18. The molecule has 0 spiro atoms. The van der Waals surface area contributed by atoms with Gasteiger partial charge in [-0.25, -0.2) is 10.2 Å². The van der Waals surface area contributed by atoms with Crippen molar-refractivity contribution in [2.24, 2.45) is 5.10 Å². The molecule has 2 N–H and O–H groups in total. The third-order valence-electron chi connectivity index (χ3n) is 3.77. The second kappa shape index (κ2) is 9.73. The molecule has 7 heteroatoms. The van der Waals surface area contributed by atoms with Gasteiger partial charge in [0.25, 0.3) is 5.91 Å². The quantitative estimate of drug-likeness (QED) is 0.563. The molecule has 0 fully saturated rings. The topological polar surface area (TPSA) is 89.0 Å². The SMILES string of the molecule is C/C(=N/NC(=O)OC(C)(C)C)c1ccc(OCC(=O)Nc2ccccc2C)cc1. The molecule has 7 nitrogen and oxygen atoms in total. The molecule has 0 aliphatic carbocycles. The molecule has 154 valence electrons. The molecule has 0 heterocycles. The van der Waals surface area contributed by atoms with Gasteiger partial charge in [-0.1, -0.05) is 18.2 Å². The predicted octanol–water partition coefficient (Wildman–Crippen LogP) is 4.26. The zero-order chi connectivity index (χ0) is 21.4. The second-order valence-corrected chi connectivity index (χ2v) is 7.49. The number of hydrogen-bond donors (Lipinski definition) is 2. The van der Waals surface area contributed by atoms with Gasteiger partial charge in [0.2, 0.25) is 0 Å². The van der Waals surface area contributed by atoms with Gasteiger partial charge >= 0.3 is 6.09 Å². The number of carbonyl (C=O) groups is 2. The van der Waals surface area contributed by atoms with Gasteiger partial charge in [-0.15, -0.1) is 0 Å². The third-order valence-corrected chi connectivity index (χ3v) is 3.77. The van der Waals surface area contributed by atoms with E-state index in [4.69, 9.17) is 9.47 Å². The number of ether oxygens (including phenoxy) is 2. The van der Waals surface area contributed by atoms with Crippen molar-refractivity contribution in [3.05, 3.63) is 59.7 Å². The number of nitrogens with zero attached hydrogens (tertiary/aromatic N) is 1. The van der Waals surface area contributed by atoms with Crippen molar-refractivity contribution in [3.8, 4) is 5.75 Å². The Balaban J connectivity index is 1.86. The first kappa shape index (κ1) is 21.9. The van der Waals surface area contributed by atoms with Crippen LogP contribution in [0.25, 0.3) is 0 Å². The Hall–Kier alpha value is -3.35. The number of hydrogen-bond acceptors (Lipinski definition) is 5. The van der Waals surface area contributed by atoms with Gasteiger partial charge in [-0.3, -0.25) is 4.79 Å². The molecule has 0 radical (unpaired) electrons. The number of carbonyl (C=O) groups excluding carboxylic acids is 2. The minimum absolute atomic E-state index is 0.0963. The van der Waals surface area contributed by atoms with Crippen molar-refractivity contribution in [2.75, 3.05) is 11.9 Å². The zero-order valence-electron chi connectivity index (χ0n) is 17.4. The first-order valence-corrected chi connectivity index (χ1v) is 9.26. The fourth-order valence-electron chi connectivity index (χ4n) is 2.34. The largest absolute Gasteiger partial charge is 0.484 e. The highest BCUT2D eigenvalue weighted by Gasteiger charge is 2.15. The number of hydrazone groups is 1. The van der Waals surface area contributed by atoms with E-state index >= 15 is 0 Å². The van der Waals surface area contributed by atoms with E-state index in [1.165, 1.54) is 0 Å². The highest BCUT2D eigenvalue weighted by molar-refractivity contribution is 5.99. The van der Waals surface area contributed by atoms with E-state index in [0.29, 0.717) is 11.5 Å². The van der Waals surface area contributed by atoms with E-state index < -0.39 is 11.7 Å². The molecule has 2 aromatic carbocycles. The number of nitrogens with one attached hydrogen (secondary N) is 2. The van der Waals surface area contributed by atoms with Gasteiger partial charge in [0, 0.05) is 5.69 Å². The van der Waals surface area contributed by atoms with Crippen LogP contribution in [0.15, 0.2) is 53.6 Å². The average molecular weight is 397 g/mol. The van der Waals surface area contributed by atoms with Crippen LogP contribution in [0, 0.1) is 6.92 Å². The fourth-order valence-corrected chi connectivity index (χ4v) is 2.34. The van der Waals surface area contributed by atoms with Crippen LogP contribution in [-0.4, -0.2) is 29.9 Å². The van der Waals surface area contributed by atoms with Crippen LogP contribution in [0.2, 0.25) is 0 Å². The Morgan fingerprint density at radius 1 is 1.03 bits per heavy atom. The summed E-state index contributed by atoms with van der Waals surface area (Å²) in [4.78, 5) is 23.7. The van der Waals surface area contributed by atoms with Crippen LogP contribution in [0.1, 0.15) is 38.8 Å². The number of rotatable bonds is 6. The Kier molecular flexibility index (Phi) is 7.36. The number of aryl methyl sites for hydroxylation is 1. The summed E-state index contributed by atoms with van der Waals surface area (Å²) in [7, 11) is 0. The summed E-state index contributed by atoms with van der Waals surface area (Å²) in [6.45, 7) is 8.94. The van der Waals surface area contributed by atoms with Gasteiger partial charge in [-0.05, 0) is 76.1 Å². The molecule has 29 heavy (non-hydrogen) atoms. The van der Waals surface area contributed by atoms with E-state index in [2.05, 4.69) is 15.8 Å². The second-order valence-electron chi connectivity index (χ2n) is 7.49. The minimum atomic E-state index is -0.614. The monoisotopic (exact) mass is 397 g/mol. The smallest absolute Gasteiger partial charge is 0.428 e. The standard InChI is InChI=1S/C22H27N3O4/c1-15-8-6-7-9-19(15)23-20(26)14-28-18-12-10-17(11-13-18)16(2)24-25-21(27)29-22(3,4)5/h6-13H,14H2,1-5H3,(H,23,26)(H,25,27)/b24-16-. The van der Waals surface area contributed by atoms with E-state index in [9.17, 15) is 9.59 Å². The van der Waals surface area contributed by atoms with Gasteiger partial charge in [-0.2, -0.15) is 5.10 Å². The van der Waals surface area contributed by atoms with Crippen molar-refractivity contribution in [1.29, 1.82) is 0 Å². The number of benzene rings is 2. The highest BCUT2D eigenvalue weighted by Crippen LogP contribution is 2.15. The molecule has 0 bridgehead atoms. The Morgan fingerprint density at radius 3 is 2.31 bits per heavy atom. The van der Waals surface area contributed by atoms with Crippen molar-refractivity contribution < 1.29 is 19.1 Å². The number of para-hydroxylation sites is 1. The first-order valence-electron chi connectivity index (χ1n) is 9.26. The van der Waals surface area contributed by atoms with Crippen molar-refractivity contribution in [1.82, 2.24) is 5.43 Å². The van der Waals surface area contributed by atoms with Crippen molar-refractivity contribution >= 4 is 23.4 Å². The van der Waals surface area contributed by atoms with Crippen LogP contribution in [0.5, 0.6) is 5.75 Å². The molecule has 2 aromatic rings. The summed E-state index contributed by atoms with van der Waals surface area (Å²) in [6, 6.07) is 14.6. The van der Waals surface area contributed by atoms with Gasteiger partial charge in [0.1, 0.15) is 11.4 Å². The lowest BCUT2D eigenvalue weighted by molar-refractivity contribution is -0.118. The molecule has 0 aliphatic rings. The first-order chi connectivity index (χ1) is 13.6. The molecule has 0 atom stereocenters. The number of anilines is 1. The summed E-state index contributed by atoms with van der Waals surface area (Å²) >= 11 is 0. The zero-order valence-corrected chi connectivity index (χ0v) is 17.4. The van der Waals surface area contributed by atoms with Crippen molar-refractivity contribution in [2.45, 2.75) is 40.2 Å². The van der Waals surface area contributed by atoms with Crippen LogP contribution < -0.4 is 15.5 Å². The third kappa shape index (κ3) is 7.65. The Labute approximate surface area is 171 Å². The van der Waals surface area contributed by atoms with E-state index in [-0.39, 0.29) is 12.5 Å². The van der Waals surface area contributed by atoms with Gasteiger partial charge in [0.15, 0.2) is 6.61 Å². The molecule has 0 saturated carbocycles. The molecular weight excluding hydrogens is 370 g/mol. The average Bonchev–Trinajstić information content (AvgIpc) is 2.65. The van der Waals surface area contributed by atoms with E-state index in [1.54, 1.807) is 52.0 Å². The summed E-state index contributed by atoms with van der Waals surface area (Å²) in [5.74, 6) is 0.323. The Bertz CT molecular complexity index is 884. The van der Waals surface area contributed by atoms with Crippen LogP contribution in [0.4, 0.5) is 10.5 Å². The molecule has 0 unspecified atom stereocenters. The van der Waals surface area contributed by atoms with E-state index in [0.717, 1.165) is 16.8 Å². The summed E-state index contributed by atoms with van der Waals surface area (Å²) < 4.78 is 10.7. The fraction of sp³-hybridized carbons (Fsp3) is 0.318. The van der Waals surface area contributed by atoms with Crippen molar-refractivity contribution in [3.63, 3.8) is 0 Å². The predicted molar refractivity (Wildman–Crippen MR) is 113 cm³/mol. The summed E-state index contributed by atoms with van der Waals surface area (Å²) in [5.41, 5.74) is 4.94. The molecule has 2 amide bonds. The molecular formula is C22H27N3O4. The maximum absolute atomic E-state index is 12.1. The Morgan fingerprint density at radius 2 is 1.69 bits per heavy atom. The highest BCUT2D eigenvalue weighted by atomic mass is 16.6. The summed E-state index contributed by atoms with van der Waals surface area (Å²) in [6.07, 6.45) is -0.614. The molecule has 0 aliphatic heterocycles. The molecule has 0 aromatic heterocycles. The normalized spacial score (nSPS) is 11.6. The maximum Gasteiger partial charge on any atom is 0.428 e. The van der Waals surface area contributed by atoms with Crippen LogP contribution >= 0.6 is 0 Å². The lowest BCUT2D eigenvalue weighted by atomic mass is 10.1. The summed E-state index contributed by atoms with van der Waals surface area (Å²) in [5, 5.41) is 6.84. The van der Waals surface area contributed by atoms with E-state index in [1.807, 2.05) is 31.2 Å². The van der Waals surface area contributed by atoms with Crippen LogP contribution in [-0.2, 0) is 9.53 Å². The minimum Gasteiger partial charge on any atom is -0.484 e. The lowest BCUT2D eigenvalue weighted by Crippen LogP contribution is -2.30. The number of amides is 2. The molecule has 0 saturated heterocycles. The maximum atomic E-state index is 12.1. The van der Waals surface area contributed by atoms with Gasteiger partial charge in [0.05, 0.1) is 5.71 Å².